The van der Waals surface area contributed by atoms with Crippen LogP contribution in [-0.4, -0.2) is 48.3 Å². The molecule has 0 radical (unpaired) electrons. The van der Waals surface area contributed by atoms with Crippen LogP contribution in [0, 0.1) is 0 Å². The maximum Gasteiger partial charge on any atom is 0.332 e. The van der Waals surface area contributed by atoms with E-state index in [2.05, 4.69) is 4.98 Å². The highest BCUT2D eigenvalue weighted by molar-refractivity contribution is 7.99. The maximum absolute atomic E-state index is 12.3. The Balaban J connectivity index is 2.41. The lowest BCUT2D eigenvalue weighted by atomic mass is 10.5. The number of rotatable bonds is 5. The van der Waals surface area contributed by atoms with Gasteiger partial charge in [0.15, 0.2) is 16.3 Å². The molecule has 8 nitrogen and oxygen atoms in total. The molecular formula is C14H21N5O3S. The van der Waals surface area contributed by atoms with Gasteiger partial charge >= 0.3 is 5.69 Å². The Hall–Kier alpha value is -2.03. The number of aromatic nitrogens is 4. The summed E-state index contributed by atoms with van der Waals surface area (Å²) >= 11 is 1.27. The molecule has 0 aliphatic heterocycles. The van der Waals surface area contributed by atoms with Crippen LogP contribution >= 0.6 is 11.8 Å². The fourth-order valence-corrected chi connectivity index (χ4v) is 3.29. The van der Waals surface area contributed by atoms with Gasteiger partial charge in [-0.1, -0.05) is 11.8 Å². The van der Waals surface area contributed by atoms with Crippen molar-refractivity contribution in [2.75, 3.05) is 18.8 Å². The average molecular weight is 339 g/mol. The summed E-state index contributed by atoms with van der Waals surface area (Å²) in [5.41, 5.74) is -0.123. The number of amides is 1. The molecule has 1 amide bonds. The molecule has 2 rings (SSSR count). The number of aryl methyl sites for hydroxylation is 2. The minimum Gasteiger partial charge on any atom is -0.343 e. The molecule has 0 saturated heterocycles. The van der Waals surface area contributed by atoms with Crippen molar-refractivity contribution >= 4 is 28.8 Å². The predicted octanol–water partition coefficient (Wildman–Crippen LogP) is -0.0688. The molecule has 0 N–H and O–H groups in total. The lowest BCUT2D eigenvalue weighted by Crippen LogP contribution is -2.37. The molecule has 2 heterocycles. The summed E-state index contributed by atoms with van der Waals surface area (Å²) in [6.07, 6.45) is 0. The lowest BCUT2D eigenvalue weighted by molar-refractivity contribution is -0.127. The van der Waals surface area contributed by atoms with Crippen LogP contribution in [-0.2, 0) is 25.9 Å². The van der Waals surface area contributed by atoms with Crippen molar-refractivity contribution in [3.05, 3.63) is 20.8 Å². The summed E-state index contributed by atoms with van der Waals surface area (Å²) in [5, 5.41) is 0.541. The Morgan fingerprint density at radius 1 is 1.09 bits per heavy atom. The molecule has 0 atom stereocenters. The van der Waals surface area contributed by atoms with Crippen molar-refractivity contribution in [3.63, 3.8) is 0 Å². The fraction of sp³-hybridized carbons (Fsp3) is 0.571. The molecule has 126 valence electrons. The zero-order valence-electron chi connectivity index (χ0n) is 14.0. The monoisotopic (exact) mass is 339 g/mol. The normalized spacial score (nSPS) is 11.2. The number of carbonyl (C=O) groups excluding carboxylic acids is 1. The van der Waals surface area contributed by atoms with E-state index in [1.54, 1.807) is 23.6 Å². The van der Waals surface area contributed by atoms with Gasteiger partial charge in [-0.3, -0.25) is 18.7 Å². The molecule has 0 saturated carbocycles. The molecule has 0 spiro atoms. The van der Waals surface area contributed by atoms with Crippen LogP contribution in [0.3, 0.4) is 0 Å². The van der Waals surface area contributed by atoms with Crippen LogP contribution in [0.4, 0.5) is 0 Å². The number of hydrogen-bond acceptors (Lipinski definition) is 5. The van der Waals surface area contributed by atoms with E-state index in [0.29, 0.717) is 29.4 Å². The highest BCUT2D eigenvalue weighted by Gasteiger charge is 2.18. The van der Waals surface area contributed by atoms with E-state index in [0.717, 1.165) is 4.57 Å². The Morgan fingerprint density at radius 3 is 2.26 bits per heavy atom. The Kier molecular flexibility index (Phi) is 4.98. The molecule has 0 aliphatic rings. The Bertz CT molecular complexity index is 860. The highest BCUT2D eigenvalue weighted by atomic mass is 32.2. The number of hydrogen-bond donors (Lipinski definition) is 0. The largest absolute Gasteiger partial charge is 0.343 e. The molecule has 2 aromatic rings. The quantitative estimate of drug-likeness (QED) is 0.712. The van der Waals surface area contributed by atoms with Crippen LogP contribution in [0.5, 0.6) is 0 Å². The van der Waals surface area contributed by atoms with E-state index in [4.69, 9.17) is 0 Å². The molecule has 23 heavy (non-hydrogen) atoms. The second-order valence-corrected chi connectivity index (χ2v) is 6.13. The van der Waals surface area contributed by atoms with E-state index in [1.807, 2.05) is 13.8 Å². The number of nitrogens with zero attached hydrogens (tertiary/aromatic N) is 5. The lowest BCUT2D eigenvalue weighted by Gasteiger charge is -2.17. The average Bonchev–Trinajstić information content (AvgIpc) is 2.87. The van der Waals surface area contributed by atoms with Crippen molar-refractivity contribution in [2.24, 2.45) is 21.1 Å². The summed E-state index contributed by atoms with van der Waals surface area (Å²) in [6.45, 7) is 5.18. The van der Waals surface area contributed by atoms with Gasteiger partial charge in [-0.05, 0) is 13.8 Å². The van der Waals surface area contributed by atoms with Gasteiger partial charge in [0.05, 0.1) is 5.75 Å². The van der Waals surface area contributed by atoms with Crippen molar-refractivity contribution in [1.29, 1.82) is 0 Å². The topological polar surface area (TPSA) is 82.1 Å². The van der Waals surface area contributed by atoms with Gasteiger partial charge < -0.3 is 9.47 Å². The summed E-state index contributed by atoms with van der Waals surface area (Å²) in [5.74, 6) is 0.265. The van der Waals surface area contributed by atoms with Crippen LogP contribution in [0.2, 0.25) is 0 Å². The standard InChI is InChI=1S/C14H21N5O3S/c1-6-19(7-2)9(20)8-23-13-15-11-10(16(13)3)12(21)18(5)14(22)17(11)4/h6-8H2,1-5H3. The minimum absolute atomic E-state index is 0.0221. The maximum atomic E-state index is 12.3. The van der Waals surface area contributed by atoms with Crippen molar-refractivity contribution in [1.82, 2.24) is 23.6 Å². The first-order valence-electron chi connectivity index (χ1n) is 7.36. The van der Waals surface area contributed by atoms with Crippen LogP contribution in [0.15, 0.2) is 14.7 Å². The molecule has 0 aromatic carbocycles. The highest BCUT2D eigenvalue weighted by Crippen LogP contribution is 2.20. The first kappa shape index (κ1) is 17.3. The van der Waals surface area contributed by atoms with Gasteiger partial charge in [0.25, 0.3) is 5.56 Å². The Morgan fingerprint density at radius 2 is 1.70 bits per heavy atom. The van der Waals surface area contributed by atoms with Gasteiger partial charge in [0, 0.05) is 34.2 Å². The molecular weight excluding hydrogens is 318 g/mol. The first-order chi connectivity index (χ1) is 10.8. The van der Waals surface area contributed by atoms with Crippen LogP contribution in [0.25, 0.3) is 11.2 Å². The van der Waals surface area contributed by atoms with E-state index in [1.165, 1.54) is 23.4 Å². The molecule has 0 aliphatic carbocycles. The number of fused-ring (bicyclic) bond motifs is 1. The summed E-state index contributed by atoms with van der Waals surface area (Å²) in [4.78, 5) is 42.4. The third-order valence-electron chi connectivity index (χ3n) is 3.88. The zero-order chi connectivity index (χ0) is 17.3. The predicted molar refractivity (Wildman–Crippen MR) is 89.8 cm³/mol. The number of thioether (sulfide) groups is 1. The molecule has 9 heteroatoms. The third-order valence-corrected chi connectivity index (χ3v) is 4.89. The van der Waals surface area contributed by atoms with E-state index in [-0.39, 0.29) is 17.2 Å². The summed E-state index contributed by atoms with van der Waals surface area (Å²) in [6, 6.07) is 0. The smallest absolute Gasteiger partial charge is 0.332 e. The van der Waals surface area contributed by atoms with Gasteiger partial charge in [0.1, 0.15) is 0 Å². The van der Waals surface area contributed by atoms with Crippen molar-refractivity contribution < 1.29 is 4.79 Å². The summed E-state index contributed by atoms with van der Waals surface area (Å²) < 4.78 is 4.03. The van der Waals surface area contributed by atoms with Crippen LogP contribution in [0.1, 0.15) is 13.8 Å². The van der Waals surface area contributed by atoms with E-state index in [9.17, 15) is 14.4 Å². The van der Waals surface area contributed by atoms with Crippen LogP contribution < -0.4 is 11.2 Å². The van der Waals surface area contributed by atoms with Gasteiger partial charge in [-0.15, -0.1) is 0 Å². The molecule has 0 bridgehead atoms. The molecule has 2 aromatic heterocycles. The van der Waals surface area contributed by atoms with E-state index < -0.39 is 5.69 Å². The van der Waals surface area contributed by atoms with Crippen molar-refractivity contribution in [2.45, 2.75) is 19.0 Å². The number of carbonyl (C=O) groups is 1. The Labute approximate surface area is 137 Å². The second-order valence-electron chi connectivity index (χ2n) is 5.19. The fourth-order valence-electron chi connectivity index (χ4n) is 2.42. The second kappa shape index (κ2) is 6.61. The number of imidazole rings is 1. The van der Waals surface area contributed by atoms with Crippen molar-refractivity contribution in [3.8, 4) is 0 Å². The third kappa shape index (κ3) is 2.92. The minimum atomic E-state index is -0.420. The summed E-state index contributed by atoms with van der Waals surface area (Å²) in [7, 11) is 4.73. The zero-order valence-corrected chi connectivity index (χ0v) is 14.8. The first-order valence-corrected chi connectivity index (χ1v) is 8.35. The van der Waals surface area contributed by atoms with E-state index >= 15 is 0 Å². The SMILES string of the molecule is CCN(CC)C(=O)CSc1nc2c(c(=O)n(C)c(=O)n2C)n1C. The van der Waals surface area contributed by atoms with Gasteiger partial charge in [0.2, 0.25) is 5.91 Å². The molecule has 0 unspecified atom stereocenters. The van der Waals surface area contributed by atoms with Gasteiger partial charge in [-0.2, -0.15) is 0 Å². The molecule has 0 fully saturated rings. The van der Waals surface area contributed by atoms with Gasteiger partial charge in [-0.25, -0.2) is 9.78 Å².